The van der Waals surface area contributed by atoms with Crippen LogP contribution in [-0.2, 0) is 14.3 Å². The molecule has 3 N–H and O–H groups in total. The van der Waals surface area contributed by atoms with Gasteiger partial charge in [-0.15, -0.1) is 0 Å². The molecule has 2 fully saturated rings. The number of carbonyl (C=O) groups is 2. The summed E-state index contributed by atoms with van der Waals surface area (Å²) >= 11 is 12.6. The number of aliphatic carboxylic acids is 1. The highest BCUT2D eigenvalue weighted by molar-refractivity contribution is 6.32. The maximum Gasteiger partial charge on any atom is 0.308 e. The lowest BCUT2D eigenvalue weighted by Crippen LogP contribution is -2.18. The van der Waals surface area contributed by atoms with Crippen LogP contribution in [0.4, 0.5) is 11.4 Å². The summed E-state index contributed by atoms with van der Waals surface area (Å²) in [5, 5.41) is 25.2. The Morgan fingerprint density at radius 2 is 1.05 bits per heavy atom. The van der Waals surface area contributed by atoms with Crippen molar-refractivity contribution in [3.63, 3.8) is 0 Å². The lowest BCUT2D eigenvalue weighted by atomic mass is 10.1. The largest absolute Gasteiger partial charge is 0.489 e. The van der Waals surface area contributed by atoms with E-state index in [1.165, 1.54) is 7.11 Å². The zero-order valence-electron chi connectivity index (χ0n) is 35.6. The summed E-state index contributed by atoms with van der Waals surface area (Å²) in [7, 11) is 1.44. The number of carboxylic acids is 1. The van der Waals surface area contributed by atoms with E-state index in [0.717, 1.165) is 53.7 Å². The maximum absolute atomic E-state index is 11.7. The topological polar surface area (TPSA) is 184 Å². The van der Waals surface area contributed by atoms with E-state index in [-0.39, 0.29) is 42.1 Å². The number of aromatic nitrogens is 4. The number of nitrogens with one attached hydrogen (secondary N) is 2. The molecule has 14 nitrogen and oxygen atoms in total. The van der Waals surface area contributed by atoms with Gasteiger partial charge in [-0.3, -0.25) is 9.59 Å². The fourth-order valence-corrected chi connectivity index (χ4v) is 8.07. The van der Waals surface area contributed by atoms with Crippen molar-refractivity contribution in [2.45, 2.75) is 90.5 Å². The van der Waals surface area contributed by atoms with Gasteiger partial charge in [-0.05, 0) is 151 Å². The van der Waals surface area contributed by atoms with Gasteiger partial charge in [-0.25, -0.2) is 0 Å². The van der Waals surface area contributed by atoms with Gasteiger partial charge >= 0.3 is 11.9 Å². The summed E-state index contributed by atoms with van der Waals surface area (Å²) in [6, 6.07) is 26.7. The van der Waals surface area contributed by atoms with Gasteiger partial charge in [0.05, 0.1) is 41.2 Å². The van der Waals surface area contributed by atoms with Crippen LogP contribution in [0.25, 0.3) is 45.7 Å². The number of benzene rings is 4. The minimum atomic E-state index is -0.712. The van der Waals surface area contributed by atoms with E-state index in [1.54, 1.807) is 24.3 Å². The van der Waals surface area contributed by atoms with Crippen LogP contribution in [0.3, 0.4) is 0 Å². The Morgan fingerprint density at radius 1 is 0.635 bits per heavy atom. The number of rotatable bonds is 14. The molecule has 2 aliphatic carbocycles. The van der Waals surface area contributed by atoms with Gasteiger partial charge in [0.15, 0.2) is 0 Å². The Kier molecular flexibility index (Phi) is 14.5. The van der Waals surface area contributed by atoms with Gasteiger partial charge in [0, 0.05) is 45.7 Å². The van der Waals surface area contributed by atoms with Crippen LogP contribution in [0, 0.1) is 11.8 Å². The van der Waals surface area contributed by atoms with Gasteiger partial charge in [0.2, 0.25) is 11.6 Å². The molecule has 4 aromatic carbocycles. The minimum Gasteiger partial charge on any atom is -0.489 e. The minimum absolute atomic E-state index is 0.0194. The van der Waals surface area contributed by atoms with Crippen LogP contribution in [0.5, 0.6) is 11.5 Å². The molecule has 8 rings (SSSR count). The number of hydrogen-bond acceptors (Lipinski definition) is 13. The van der Waals surface area contributed by atoms with Crippen molar-refractivity contribution in [1.29, 1.82) is 0 Å². The molecule has 2 aromatic heterocycles. The first-order valence-electron chi connectivity index (χ1n) is 21.0. The van der Waals surface area contributed by atoms with E-state index in [2.05, 4.69) is 30.9 Å². The first kappa shape index (κ1) is 44.9. The molecular weight excluding hydrogens is 847 g/mol. The van der Waals surface area contributed by atoms with Gasteiger partial charge in [-0.1, -0.05) is 33.5 Å². The Hall–Kier alpha value is -6.12. The third-order valence-electron chi connectivity index (χ3n) is 10.7. The first-order valence-corrected chi connectivity index (χ1v) is 21.7. The molecule has 0 bridgehead atoms. The molecule has 2 aliphatic rings. The van der Waals surface area contributed by atoms with Crippen LogP contribution in [-0.4, -0.2) is 68.7 Å². The van der Waals surface area contributed by atoms with Crippen LogP contribution in [0.15, 0.2) is 94.0 Å². The van der Waals surface area contributed by atoms with Crippen molar-refractivity contribution in [2.24, 2.45) is 11.8 Å². The number of ether oxygens (including phenoxy) is 3. The van der Waals surface area contributed by atoms with E-state index in [1.807, 2.05) is 88.4 Å². The third kappa shape index (κ3) is 11.7. The number of nitrogens with zero attached hydrogens (tertiary/aromatic N) is 4. The second-order valence-electron chi connectivity index (χ2n) is 16.2. The molecule has 0 saturated heterocycles. The van der Waals surface area contributed by atoms with E-state index >= 15 is 0 Å². The Labute approximate surface area is 375 Å². The van der Waals surface area contributed by atoms with E-state index in [9.17, 15) is 9.59 Å². The van der Waals surface area contributed by atoms with Crippen LogP contribution in [0.1, 0.15) is 66.2 Å². The molecule has 0 unspecified atom stereocenters. The standard InChI is InChI=1S/C24H26ClN3O4.C23H24ClN3O4/c1-14(2)31-21-11-7-16(13-20(21)25)23-27-22(28-32-23)15-4-8-18(9-5-15)26-19-10-6-17(12-19)24(29)30-3;1-13(2)30-20-10-6-15(12-19(20)24)22-26-21(27-31-22)14-3-7-17(8-4-14)25-18-9-5-16(11-18)23(28)29/h4-5,7-9,11,13-14,17,19,26H,6,10,12H2,1-3H3;3-4,6-8,10,12-13,16,18,25H,5,9,11H2,1-2H3,(H,28,29)/t17-,19+;16-,18+/m11/s1. The van der Waals surface area contributed by atoms with Gasteiger partial charge in [-0.2, -0.15) is 9.97 Å². The zero-order valence-corrected chi connectivity index (χ0v) is 37.2. The average Bonchev–Trinajstić information content (AvgIpc) is 4.11. The fourth-order valence-electron chi connectivity index (χ4n) is 7.62. The molecule has 4 atom stereocenters. The fraction of sp³-hybridized carbons (Fsp3) is 0.362. The highest BCUT2D eigenvalue weighted by Gasteiger charge is 2.31. The molecule has 63 heavy (non-hydrogen) atoms. The Bertz CT molecular complexity index is 2490. The van der Waals surface area contributed by atoms with Crippen molar-refractivity contribution < 1.29 is 38.0 Å². The summed E-state index contributed by atoms with van der Waals surface area (Å²) in [6.45, 7) is 7.77. The molecule has 16 heteroatoms. The number of methoxy groups -OCH3 is 1. The predicted octanol–water partition coefficient (Wildman–Crippen LogP) is 11.1. The third-order valence-corrected chi connectivity index (χ3v) is 11.3. The number of halogens is 2. The number of carboxylic acid groups (broad SMARTS) is 1. The number of esters is 1. The quantitative estimate of drug-likeness (QED) is 0.0877. The predicted molar refractivity (Wildman–Crippen MR) is 241 cm³/mol. The summed E-state index contributed by atoms with van der Waals surface area (Å²) in [6.07, 6.45) is 4.86. The highest BCUT2D eigenvalue weighted by atomic mass is 35.5. The van der Waals surface area contributed by atoms with Crippen molar-refractivity contribution >= 4 is 46.5 Å². The normalized spacial score (nSPS) is 18.2. The van der Waals surface area contributed by atoms with Crippen LogP contribution >= 0.6 is 23.2 Å². The molecule has 330 valence electrons. The SMILES string of the molecule is CC(C)Oc1ccc(-c2nc(-c3ccc(N[C@H]4CC[C@@H](C(=O)O)C4)cc3)no2)cc1Cl.COC(=O)[C@@H]1CC[C@H](Nc2ccc(-c3noc(-c4ccc(OC(C)C)c(Cl)c4)n3)cc2)C1. The van der Waals surface area contributed by atoms with E-state index in [0.29, 0.717) is 63.4 Å². The molecule has 2 saturated carbocycles. The lowest BCUT2D eigenvalue weighted by molar-refractivity contribution is -0.145. The monoisotopic (exact) mass is 896 g/mol. The summed E-state index contributed by atoms with van der Waals surface area (Å²) in [5.74, 6) is 1.86. The van der Waals surface area contributed by atoms with Gasteiger partial charge in [0.1, 0.15) is 11.5 Å². The maximum atomic E-state index is 11.7. The molecule has 6 aromatic rings. The summed E-state index contributed by atoms with van der Waals surface area (Å²) in [5.41, 5.74) is 5.03. The number of carbonyl (C=O) groups excluding carboxylic acids is 1. The van der Waals surface area contributed by atoms with E-state index < -0.39 is 5.97 Å². The van der Waals surface area contributed by atoms with Gasteiger partial charge < -0.3 is 39.0 Å². The molecule has 0 amide bonds. The van der Waals surface area contributed by atoms with Gasteiger partial charge in [0.25, 0.3) is 11.8 Å². The van der Waals surface area contributed by atoms with Crippen LogP contribution < -0.4 is 20.1 Å². The molecule has 0 aliphatic heterocycles. The molecule has 2 heterocycles. The Balaban J connectivity index is 0.000000189. The number of anilines is 2. The lowest BCUT2D eigenvalue weighted by Gasteiger charge is -2.14. The average molecular weight is 898 g/mol. The van der Waals surface area contributed by atoms with Crippen molar-refractivity contribution in [3.8, 4) is 57.2 Å². The summed E-state index contributed by atoms with van der Waals surface area (Å²) in [4.78, 5) is 31.8. The smallest absolute Gasteiger partial charge is 0.308 e. The van der Waals surface area contributed by atoms with Crippen molar-refractivity contribution in [1.82, 2.24) is 20.3 Å². The van der Waals surface area contributed by atoms with Crippen LogP contribution in [0.2, 0.25) is 10.0 Å². The molecular formula is C47H50Cl2N6O8. The van der Waals surface area contributed by atoms with Crippen molar-refractivity contribution in [3.05, 3.63) is 95.0 Å². The zero-order chi connectivity index (χ0) is 44.6. The molecule has 0 radical (unpaired) electrons. The number of hydrogen-bond donors (Lipinski definition) is 3. The van der Waals surface area contributed by atoms with E-state index in [4.69, 9.17) is 51.6 Å². The highest BCUT2D eigenvalue weighted by Crippen LogP contribution is 2.35. The first-order chi connectivity index (χ1) is 30.3. The Morgan fingerprint density at radius 3 is 1.43 bits per heavy atom. The molecule has 0 spiro atoms. The second kappa shape index (κ2) is 20.4. The second-order valence-corrected chi connectivity index (χ2v) is 17.0. The summed E-state index contributed by atoms with van der Waals surface area (Å²) < 4.78 is 27.0. The van der Waals surface area contributed by atoms with Crippen molar-refractivity contribution in [2.75, 3.05) is 17.7 Å².